The standard InChI is InChI=1S/C17H30N2O6S2/c1-4-24-16(22)10-8-14(20)13(11-27-26-6-3)19-15(21)9-7-12(18)17(23)25-5-2/h12-13H,4-11,18H2,1-3H3,(H,19,21)/t12-,13-/m0/s1. The van der Waals surface area contributed by atoms with Crippen molar-refractivity contribution in [3.63, 3.8) is 0 Å². The van der Waals surface area contributed by atoms with Crippen molar-refractivity contribution in [2.75, 3.05) is 24.7 Å². The molecule has 1 amide bonds. The lowest BCUT2D eigenvalue weighted by molar-refractivity contribution is -0.145. The minimum absolute atomic E-state index is 0.00344. The van der Waals surface area contributed by atoms with Crippen LogP contribution in [-0.2, 0) is 28.7 Å². The first-order valence-electron chi connectivity index (χ1n) is 8.99. The van der Waals surface area contributed by atoms with Crippen molar-refractivity contribution in [3.05, 3.63) is 0 Å². The Balaban J connectivity index is 4.55. The van der Waals surface area contributed by atoms with Crippen LogP contribution in [-0.4, -0.2) is 60.4 Å². The van der Waals surface area contributed by atoms with Crippen LogP contribution in [0.15, 0.2) is 0 Å². The second-order valence-corrected chi connectivity index (χ2v) is 8.28. The van der Waals surface area contributed by atoms with Gasteiger partial charge in [-0.1, -0.05) is 28.5 Å². The summed E-state index contributed by atoms with van der Waals surface area (Å²) in [4.78, 5) is 47.4. The van der Waals surface area contributed by atoms with E-state index < -0.39 is 24.0 Å². The topological polar surface area (TPSA) is 125 Å². The largest absolute Gasteiger partial charge is 0.466 e. The predicted molar refractivity (Wildman–Crippen MR) is 107 cm³/mol. The smallest absolute Gasteiger partial charge is 0.322 e. The second kappa shape index (κ2) is 15.8. The SMILES string of the molecule is CCOC(=O)CCC(=O)[C@H](CSSCC)NC(=O)CC[C@H](N)C(=O)OCC. The van der Waals surface area contributed by atoms with Crippen molar-refractivity contribution in [1.29, 1.82) is 0 Å². The fourth-order valence-electron chi connectivity index (χ4n) is 1.97. The normalized spacial score (nSPS) is 12.7. The molecule has 0 aliphatic heterocycles. The Bertz CT molecular complexity index is 490. The van der Waals surface area contributed by atoms with E-state index in [-0.39, 0.29) is 50.6 Å². The Labute approximate surface area is 168 Å². The quantitative estimate of drug-likeness (QED) is 0.229. The molecule has 0 heterocycles. The number of hydrogen-bond acceptors (Lipinski definition) is 9. The number of nitrogens with two attached hydrogens (primary N) is 1. The van der Waals surface area contributed by atoms with Gasteiger partial charge in [0.25, 0.3) is 0 Å². The van der Waals surface area contributed by atoms with Crippen LogP contribution in [0.2, 0.25) is 0 Å². The third-order valence-corrected chi connectivity index (χ3v) is 5.80. The second-order valence-electron chi connectivity index (χ2n) is 5.48. The van der Waals surface area contributed by atoms with Gasteiger partial charge in [-0.3, -0.25) is 19.2 Å². The summed E-state index contributed by atoms with van der Waals surface area (Å²) >= 11 is 0. The van der Waals surface area contributed by atoms with E-state index in [0.29, 0.717) is 5.75 Å². The number of carbonyl (C=O) groups excluding carboxylic acids is 4. The van der Waals surface area contributed by atoms with Gasteiger partial charge in [0.15, 0.2) is 5.78 Å². The third kappa shape index (κ3) is 12.7. The van der Waals surface area contributed by atoms with Gasteiger partial charge in [-0.15, -0.1) is 0 Å². The van der Waals surface area contributed by atoms with Crippen LogP contribution in [0.5, 0.6) is 0 Å². The minimum Gasteiger partial charge on any atom is -0.466 e. The number of rotatable bonds is 15. The summed E-state index contributed by atoms with van der Waals surface area (Å²) in [6, 6.07) is -1.58. The first-order valence-corrected chi connectivity index (χ1v) is 11.5. The summed E-state index contributed by atoms with van der Waals surface area (Å²) in [5.74, 6) is -0.317. The van der Waals surface area contributed by atoms with Gasteiger partial charge in [-0.25, -0.2) is 0 Å². The molecule has 0 unspecified atom stereocenters. The maximum absolute atomic E-state index is 12.4. The molecule has 0 aromatic rings. The van der Waals surface area contributed by atoms with E-state index in [1.54, 1.807) is 24.6 Å². The number of esters is 2. The molecule has 3 N–H and O–H groups in total. The average Bonchev–Trinajstić information content (AvgIpc) is 2.63. The fraction of sp³-hybridized carbons (Fsp3) is 0.765. The van der Waals surface area contributed by atoms with Crippen molar-refractivity contribution in [1.82, 2.24) is 5.32 Å². The molecule has 0 rings (SSSR count). The van der Waals surface area contributed by atoms with Crippen LogP contribution in [0.25, 0.3) is 0 Å². The molecule has 0 radical (unpaired) electrons. The Kier molecular flexibility index (Phi) is 15.0. The number of hydrogen-bond donors (Lipinski definition) is 2. The van der Waals surface area contributed by atoms with Gasteiger partial charge in [-0.05, 0) is 20.3 Å². The molecule has 8 nitrogen and oxygen atoms in total. The van der Waals surface area contributed by atoms with Crippen molar-refractivity contribution in [2.24, 2.45) is 5.73 Å². The highest BCUT2D eigenvalue weighted by atomic mass is 33.1. The molecule has 0 aromatic carbocycles. The molecule has 0 saturated carbocycles. The molecule has 0 spiro atoms. The zero-order valence-corrected chi connectivity index (χ0v) is 17.8. The molecule has 10 heteroatoms. The molecule has 0 bridgehead atoms. The number of Topliss-reactive ketones (excluding diaryl/α,β-unsaturated/α-hetero) is 1. The lowest BCUT2D eigenvalue weighted by Crippen LogP contribution is -2.43. The molecule has 156 valence electrons. The van der Waals surface area contributed by atoms with Crippen molar-refractivity contribution in [3.8, 4) is 0 Å². The van der Waals surface area contributed by atoms with Gasteiger partial charge in [0.1, 0.15) is 6.04 Å². The van der Waals surface area contributed by atoms with Gasteiger partial charge < -0.3 is 20.5 Å². The molecule has 0 aliphatic carbocycles. The van der Waals surface area contributed by atoms with Gasteiger partial charge in [-0.2, -0.15) is 0 Å². The Hall–Kier alpha value is -1.26. The minimum atomic E-state index is -0.876. The lowest BCUT2D eigenvalue weighted by Gasteiger charge is -2.17. The summed E-state index contributed by atoms with van der Waals surface area (Å²) in [7, 11) is 3.06. The van der Waals surface area contributed by atoms with E-state index >= 15 is 0 Å². The van der Waals surface area contributed by atoms with Gasteiger partial charge >= 0.3 is 11.9 Å². The van der Waals surface area contributed by atoms with E-state index in [2.05, 4.69) is 5.32 Å². The van der Waals surface area contributed by atoms with E-state index in [1.165, 1.54) is 10.8 Å². The number of ether oxygens (including phenoxy) is 2. The van der Waals surface area contributed by atoms with Crippen molar-refractivity contribution >= 4 is 45.2 Å². The molecular formula is C17H30N2O6S2. The van der Waals surface area contributed by atoms with Crippen LogP contribution in [0, 0.1) is 0 Å². The monoisotopic (exact) mass is 422 g/mol. The zero-order chi connectivity index (χ0) is 20.7. The number of ketones is 1. The molecular weight excluding hydrogens is 392 g/mol. The van der Waals surface area contributed by atoms with Gasteiger partial charge in [0.05, 0.1) is 25.7 Å². The Morgan fingerprint density at radius 3 is 2.22 bits per heavy atom. The maximum Gasteiger partial charge on any atom is 0.322 e. The van der Waals surface area contributed by atoms with E-state index in [9.17, 15) is 19.2 Å². The number of nitrogens with one attached hydrogen (secondary N) is 1. The van der Waals surface area contributed by atoms with Crippen LogP contribution < -0.4 is 11.1 Å². The lowest BCUT2D eigenvalue weighted by atomic mass is 10.1. The van der Waals surface area contributed by atoms with Crippen LogP contribution in [0.4, 0.5) is 0 Å². The van der Waals surface area contributed by atoms with E-state index in [4.69, 9.17) is 15.2 Å². The Morgan fingerprint density at radius 1 is 0.963 bits per heavy atom. The molecule has 0 aliphatic rings. The third-order valence-electron chi connectivity index (χ3n) is 3.31. The summed E-state index contributed by atoms with van der Waals surface area (Å²) in [5, 5.41) is 2.68. The molecule has 27 heavy (non-hydrogen) atoms. The van der Waals surface area contributed by atoms with Crippen LogP contribution >= 0.6 is 21.6 Å². The van der Waals surface area contributed by atoms with Crippen molar-refractivity contribution in [2.45, 2.75) is 58.5 Å². The Morgan fingerprint density at radius 2 is 1.63 bits per heavy atom. The summed E-state index contributed by atoms with van der Waals surface area (Å²) < 4.78 is 9.61. The highest BCUT2D eigenvalue weighted by Gasteiger charge is 2.23. The highest BCUT2D eigenvalue weighted by Crippen LogP contribution is 2.22. The van der Waals surface area contributed by atoms with Crippen LogP contribution in [0.3, 0.4) is 0 Å². The molecule has 0 saturated heterocycles. The van der Waals surface area contributed by atoms with Gasteiger partial charge in [0, 0.05) is 24.3 Å². The first-order chi connectivity index (χ1) is 12.8. The zero-order valence-electron chi connectivity index (χ0n) is 16.2. The fourth-order valence-corrected chi connectivity index (χ4v) is 3.83. The summed E-state index contributed by atoms with van der Waals surface area (Å²) in [6.07, 6.45) is 0.125. The molecule has 0 aromatic heterocycles. The number of amides is 1. The van der Waals surface area contributed by atoms with Crippen molar-refractivity contribution < 1.29 is 28.7 Å². The van der Waals surface area contributed by atoms with E-state index in [0.717, 1.165) is 5.75 Å². The summed E-state index contributed by atoms with van der Waals surface area (Å²) in [5.41, 5.74) is 5.67. The highest BCUT2D eigenvalue weighted by molar-refractivity contribution is 8.76. The maximum atomic E-state index is 12.4. The number of carbonyl (C=O) groups is 4. The predicted octanol–water partition coefficient (Wildman–Crippen LogP) is 1.46. The molecule has 2 atom stereocenters. The average molecular weight is 423 g/mol. The van der Waals surface area contributed by atoms with Gasteiger partial charge in [0.2, 0.25) is 5.91 Å². The first kappa shape index (κ1) is 25.7. The molecule has 0 fully saturated rings. The van der Waals surface area contributed by atoms with E-state index in [1.807, 2.05) is 6.92 Å². The summed E-state index contributed by atoms with van der Waals surface area (Å²) in [6.45, 7) is 5.85. The van der Waals surface area contributed by atoms with Crippen LogP contribution in [0.1, 0.15) is 46.5 Å².